The Bertz CT molecular complexity index is 518. The van der Waals surface area contributed by atoms with E-state index in [4.69, 9.17) is 15.2 Å². The molecular formula is C17H21NO2. The molecule has 0 atom stereocenters. The van der Waals surface area contributed by atoms with E-state index in [2.05, 4.69) is 26.0 Å². The van der Waals surface area contributed by atoms with E-state index in [-0.39, 0.29) is 0 Å². The normalized spacial score (nSPS) is 10.6. The number of nitrogen functional groups attached to an aromatic ring is 1. The van der Waals surface area contributed by atoms with Gasteiger partial charge in [0.2, 0.25) is 0 Å². The van der Waals surface area contributed by atoms with Crippen LogP contribution in [-0.2, 0) is 0 Å². The summed E-state index contributed by atoms with van der Waals surface area (Å²) < 4.78 is 11.2. The van der Waals surface area contributed by atoms with Crippen molar-refractivity contribution in [3.05, 3.63) is 54.1 Å². The van der Waals surface area contributed by atoms with Crippen molar-refractivity contribution in [2.24, 2.45) is 0 Å². The number of anilines is 1. The molecule has 0 saturated carbocycles. The third-order valence-electron chi connectivity index (χ3n) is 3.05. The number of nitrogens with two attached hydrogens (primary N) is 1. The summed E-state index contributed by atoms with van der Waals surface area (Å²) in [5, 5.41) is 0. The molecule has 3 nitrogen and oxygen atoms in total. The van der Waals surface area contributed by atoms with Crippen LogP contribution in [0.5, 0.6) is 11.5 Å². The highest BCUT2D eigenvalue weighted by Crippen LogP contribution is 2.18. The number of benzene rings is 2. The topological polar surface area (TPSA) is 44.5 Å². The fourth-order valence-corrected chi connectivity index (χ4v) is 1.83. The van der Waals surface area contributed by atoms with Gasteiger partial charge in [-0.05, 0) is 47.9 Å². The van der Waals surface area contributed by atoms with Gasteiger partial charge in [0, 0.05) is 5.69 Å². The summed E-state index contributed by atoms with van der Waals surface area (Å²) in [7, 11) is 0. The van der Waals surface area contributed by atoms with Gasteiger partial charge in [-0.25, -0.2) is 0 Å². The lowest BCUT2D eigenvalue weighted by Crippen LogP contribution is -2.09. The predicted molar refractivity (Wildman–Crippen MR) is 82.4 cm³/mol. The van der Waals surface area contributed by atoms with Crippen LogP contribution in [0.1, 0.15) is 25.3 Å². The van der Waals surface area contributed by atoms with Crippen molar-refractivity contribution >= 4 is 5.69 Å². The zero-order valence-corrected chi connectivity index (χ0v) is 12.0. The Morgan fingerprint density at radius 1 is 0.800 bits per heavy atom. The van der Waals surface area contributed by atoms with Crippen LogP contribution in [0.2, 0.25) is 0 Å². The van der Waals surface area contributed by atoms with Gasteiger partial charge in [-0.1, -0.05) is 26.0 Å². The molecule has 0 unspecified atom stereocenters. The predicted octanol–water partition coefficient (Wildman–Crippen LogP) is 3.85. The highest BCUT2D eigenvalue weighted by atomic mass is 16.5. The molecule has 0 radical (unpaired) electrons. The molecule has 20 heavy (non-hydrogen) atoms. The van der Waals surface area contributed by atoms with Crippen LogP contribution in [0, 0.1) is 0 Å². The molecule has 0 aliphatic rings. The van der Waals surface area contributed by atoms with Gasteiger partial charge in [0.15, 0.2) is 0 Å². The van der Waals surface area contributed by atoms with E-state index in [1.165, 1.54) is 5.56 Å². The van der Waals surface area contributed by atoms with E-state index in [0.29, 0.717) is 19.1 Å². The second kappa shape index (κ2) is 6.85. The second-order valence-corrected chi connectivity index (χ2v) is 4.99. The lowest BCUT2D eigenvalue weighted by molar-refractivity contribution is 0.217. The maximum Gasteiger partial charge on any atom is 0.122 e. The highest BCUT2D eigenvalue weighted by Gasteiger charge is 1.99. The third kappa shape index (κ3) is 4.19. The van der Waals surface area contributed by atoms with Gasteiger partial charge in [0.05, 0.1) is 0 Å². The van der Waals surface area contributed by atoms with Gasteiger partial charge in [-0.2, -0.15) is 0 Å². The molecule has 0 fully saturated rings. The summed E-state index contributed by atoms with van der Waals surface area (Å²) in [6.07, 6.45) is 0. The first-order chi connectivity index (χ1) is 9.65. The minimum absolute atomic E-state index is 0.510. The minimum atomic E-state index is 0.510. The van der Waals surface area contributed by atoms with Crippen LogP contribution in [-0.4, -0.2) is 13.2 Å². The lowest BCUT2D eigenvalue weighted by Gasteiger charge is -2.10. The summed E-state index contributed by atoms with van der Waals surface area (Å²) in [5.41, 5.74) is 7.66. The Morgan fingerprint density at radius 3 is 1.70 bits per heavy atom. The van der Waals surface area contributed by atoms with Crippen LogP contribution in [0.25, 0.3) is 0 Å². The number of hydrogen-bond acceptors (Lipinski definition) is 3. The van der Waals surface area contributed by atoms with Gasteiger partial charge in [-0.3, -0.25) is 0 Å². The summed E-state index contributed by atoms with van der Waals surface area (Å²) >= 11 is 0. The van der Waals surface area contributed by atoms with Gasteiger partial charge < -0.3 is 15.2 Å². The van der Waals surface area contributed by atoms with E-state index < -0.39 is 0 Å². The van der Waals surface area contributed by atoms with E-state index >= 15 is 0 Å². The molecule has 0 saturated heterocycles. The maximum absolute atomic E-state index is 5.64. The van der Waals surface area contributed by atoms with E-state index in [1.54, 1.807) is 0 Å². The largest absolute Gasteiger partial charge is 0.490 e. The maximum atomic E-state index is 5.64. The van der Waals surface area contributed by atoms with Crippen molar-refractivity contribution in [2.45, 2.75) is 19.8 Å². The molecule has 2 aromatic carbocycles. The number of rotatable bonds is 6. The molecule has 0 spiro atoms. The molecule has 0 aliphatic carbocycles. The number of ether oxygens (including phenoxy) is 2. The summed E-state index contributed by atoms with van der Waals surface area (Å²) in [6, 6.07) is 15.5. The van der Waals surface area contributed by atoms with Crippen molar-refractivity contribution in [3.63, 3.8) is 0 Å². The average Bonchev–Trinajstić information content (AvgIpc) is 2.46. The first kappa shape index (κ1) is 14.3. The van der Waals surface area contributed by atoms with Crippen molar-refractivity contribution in [1.82, 2.24) is 0 Å². The first-order valence-electron chi connectivity index (χ1n) is 6.86. The summed E-state index contributed by atoms with van der Waals surface area (Å²) in [4.78, 5) is 0. The van der Waals surface area contributed by atoms with E-state index in [1.807, 2.05) is 36.4 Å². The molecular weight excluding hydrogens is 250 g/mol. The van der Waals surface area contributed by atoms with Gasteiger partial charge in [-0.15, -0.1) is 0 Å². The number of hydrogen-bond donors (Lipinski definition) is 1. The van der Waals surface area contributed by atoms with Crippen LogP contribution in [0.3, 0.4) is 0 Å². The fourth-order valence-electron chi connectivity index (χ4n) is 1.83. The molecule has 0 amide bonds. The Balaban J connectivity index is 1.74. The molecule has 3 heteroatoms. The van der Waals surface area contributed by atoms with Crippen LogP contribution < -0.4 is 15.2 Å². The Hall–Kier alpha value is -2.16. The van der Waals surface area contributed by atoms with Crippen LogP contribution in [0.4, 0.5) is 5.69 Å². The molecule has 2 aromatic rings. The molecule has 0 aliphatic heterocycles. The lowest BCUT2D eigenvalue weighted by atomic mass is 10.0. The molecule has 106 valence electrons. The smallest absolute Gasteiger partial charge is 0.122 e. The highest BCUT2D eigenvalue weighted by molar-refractivity contribution is 5.41. The van der Waals surface area contributed by atoms with Crippen LogP contribution in [0.15, 0.2) is 48.5 Å². The Morgan fingerprint density at radius 2 is 1.25 bits per heavy atom. The summed E-state index contributed by atoms with van der Waals surface area (Å²) in [5.74, 6) is 2.21. The average molecular weight is 271 g/mol. The Kier molecular flexibility index (Phi) is 4.88. The molecule has 2 rings (SSSR count). The van der Waals surface area contributed by atoms with Gasteiger partial charge >= 0.3 is 0 Å². The van der Waals surface area contributed by atoms with Gasteiger partial charge in [0.25, 0.3) is 0 Å². The van der Waals surface area contributed by atoms with Crippen LogP contribution >= 0.6 is 0 Å². The SMILES string of the molecule is CC(C)c1ccc(OCCOc2ccc(N)cc2)cc1. The minimum Gasteiger partial charge on any atom is -0.490 e. The van der Waals surface area contributed by atoms with Crippen molar-refractivity contribution in [1.29, 1.82) is 0 Å². The molecule has 2 N–H and O–H groups in total. The van der Waals surface area contributed by atoms with Crippen molar-refractivity contribution < 1.29 is 9.47 Å². The second-order valence-electron chi connectivity index (χ2n) is 4.99. The summed E-state index contributed by atoms with van der Waals surface area (Å²) in [6.45, 7) is 5.38. The van der Waals surface area contributed by atoms with E-state index in [0.717, 1.165) is 17.2 Å². The van der Waals surface area contributed by atoms with Gasteiger partial charge in [0.1, 0.15) is 24.7 Å². The first-order valence-corrected chi connectivity index (χ1v) is 6.86. The third-order valence-corrected chi connectivity index (χ3v) is 3.05. The van der Waals surface area contributed by atoms with Crippen molar-refractivity contribution in [2.75, 3.05) is 18.9 Å². The monoisotopic (exact) mass is 271 g/mol. The zero-order chi connectivity index (χ0) is 14.4. The Labute approximate surface area is 120 Å². The molecule has 0 bridgehead atoms. The van der Waals surface area contributed by atoms with E-state index in [9.17, 15) is 0 Å². The van der Waals surface area contributed by atoms with Crippen molar-refractivity contribution in [3.8, 4) is 11.5 Å². The standard InChI is InChI=1S/C17H21NO2/c1-13(2)14-3-7-16(8-4-14)19-11-12-20-17-9-5-15(18)6-10-17/h3-10,13H,11-12,18H2,1-2H3. The fraction of sp³-hybridized carbons (Fsp3) is 0.294. The molecule has 0 aromatic heterocycles. The quantitative estimate of drug-likeness (QED) is 0.641. The zero-order valence-electron chi connectivity index (χ0n) is 12.0. The molecule has 0 heterocycles.